The Morgan fingerprint density at radius 3 is 2.07 bits per heavy atom. The molecule has 1 amide bonds. The van der Waals surface area contributed by atoms with Crippen LogP contribution in [-0.4, -0.2) is 36.8 Å². The second-order valence-electron chi connectivity index (χ2n) is 6.28. The van der Waals surface area contributed by atoms with Crippen molar-refractivity contribution in [3.63, 3.8) is 0 Å². The normalized spacial score (nSPS) is 10.4. The highest BCUT2D eigenvalue weighted by atomic mass is 35.5. The summed E-state index contributed by atoms with van der Waals surface area (Å²) in [7, 11) is 1.71. The summed E-state index contributed by atoms with van der Waals surface area (Å²) in [6.45, 7) is 0.741. The van der Waals surface area contributed by atoms with Gasteiger partial charge >= 0.3 is 0 Å². The lowest BCUT2D eigenvalue weighted by molar-refractivity contribution is 0.0773. The lowest BCUT2D eigenvalue weighted by Crippen LogP contribution is -2.30. The van der Waals surface area contributed by atoms with E-state index in [-0.39, 0.29) is 11.7 Å². The zero-order valence-corrected chi connectivity index (χ0v) is 16.2. The standard InChI is InChI=1S/C23H20ClNO3/c1-25(15-16-28-21-10-6-5-9-20(21)24)23(27)19-13-11-18(12-14-19)22(26)17-7-3-2-4-8-17/h2-14H,15-16H2,1H3. The van der Waals surface area contributed by atoms with Gasteiger partial charge in [-0.25, -0.2) is 0 Å². The molecule has 0 atom stereocenters. The first kappa shape index (κ1) is 19.6. The Kier molecular flexibility index (Phi) is 6.45. The molecule has 3 rings (SSSR count). The largest absolute Gasteiger partial charge is 0.490 e. The van der Waals surface area contributed by atoms with Gasteiger partial charge < -0.3 is 9.64 Å². The van der Waals surface area contributed by atoms with Crippen molar-refractivity contribution in [1.29, 1.82) is 0 Å². The van der Waals surface area contributed by atoms with E-state index in [1.165, 1.54) is 0 Å². The molecule has 0 aromatic heterocycles. The predicted molar refractivity (Wildman–Crippen MR) is 110 cm³/mol. The summed E-state index contributed by atoms with van der Waals surface area (Å²) in [6, 6.07) is 23.0. The first-order chi connectivity index (χ1) is 13.6. The van der Waals surface area contributed by atoms with Gasteiger partial charge in [-0.3, -0.25) is 9.59 Å². The number of carbonyl (C=O) groups is 2. The summed E-state index contributed by atoms with van der Waals surface area (Å²) in [4.78, 5) is 26.6. The molecule has 0 saturated carbocycles. The van der Waals surface area contributed by atoms with E-state index in [1.54, 1.807) is 60.5 Å². The second-order valence-corrected chi connectivity index (χ2v) is 6.69. The van der Waals surface area contributed by atoms with Crippen LogP contribution in [0.3, 0.4) is 0 Å². The van der Waals surface area contributed by atoms with Crippen molar-refractivity contribution in [3.05, 3.63) is 101 Å². The third kappa shape index (κ3) is 4.78. The summed E-state index contributed by atoms with van der Waals surface area (Å²) < 4.78 is 5.62. The number of para-hydroxylation sites is 1. The molecule has 3 aromatic carbocycles. The number of hydrogen-bond acceptors (Lipinski definition) is 3. The zero-order chi connectivity index (χ0) is 19.9. The summed E-state index contributed by atoms with van der Waals surface area (Å²) in [5, 5.41) is 0.537. The Morgan fingerprint density at radius 2 is 1.39 bits per heavy atom. The highest BCUT2D eigenvalue weighted by Crippen LogP contribution is 2.23. The molecule has 0 saturated heterocycles. The van der Waals surface area contributed by atoms with E-state index >= 15 is 0 Å². The van der Waals surface area contributed by atoms with Crippen molar-refractivity contribution < 1.29 is 14.3 Å². The van der Waals surface area contributed by atoms with Gasteiger partial charge in [0.1, 0.15) is 12.4 Å². The Labute approximate surface area is 169 Å². The SMILES string of the molecule is CN(CCOc1ccccc1Cl)C(=O)c1ccc(C(=O)c2ccccc2)cc1. The number of likely N-dealkylation sites (N-methyl/N-ethyl adjacent to an activating group) is 1. The van der Waals surface area contributed by atoms with Gasteiger partial charge in [-0.05, 0) is 24.3 Å². The van der Waals surface area contributed by atoms with Crippen LogP contribution in [0.2, 0.25) is 5.02 Å². The van der Waals surface area contributed by atoms with E-state index in [4.69, 9.17) is 16.3 Å². The third-order valence-electron chi connectivity index (χ3n) is 4.30. The molecule has 0 N–H and O–H groups in total. The number of rotatable bonds is 7. The zero-order valence-electron chi connectivity index (χ0n) is 15.5. The van der Waals surface area contributed by atoms with Crippen LogP contribution in [0.4, 0.5) is 0 Å². The summed E-state index contributed by atoms with van der Waals surface area (Å²) in [6.07, 6.45) is 0. The van der Waals surface area contributed by atoms with Gasteiger partial charge in [0.05, 0.1) is 11.6 Å². The monoisotopic (exact) mass is 393 g/mol. The Morgan fingerprint density at radius 1 is 0.821 bits per heavy atom. The quantitative estimate of drug-likeness (QED) is 0.545. The van der Waals surface area contributed by atoms with Crippen LogP contribution in [-0.2, 0) is 0 Å². The minimum atomic E-state index is -0.138. The molecule has 0 radical (unpaired) electrons. The summed E-state index contributed by atoms with van der Waals surface area (Å²) in [5.41, 5.74) is 1.69. The highest BCUT2D eigenvalue weighted by molar-refractivity contribution is 6.32. The van der Waals surface area contributed by atoms with Crippen molar-refractivity contribution in [3.8, 4) is 5.75 Å². The van der Waals surface area contributed by atoms with E-state index in [0.717, 1.165) is 0 Å². The summed E-state index contributed by atoms with van der Waals surface area (Å²) >= 11 is 6.05. The summed E-state index contributed by atoms with van der Waals surface area (Å²) in [5.74, 6) is 0.386. The third-order valence-corrected chi connectivity index (χ3v) is 4.61. The van der Waals surface area contributed by atoms with Crippen LogP contribution in [0.5, 0.6) is 5.75 Å². The second kappa shape index (κ2) is 9.20. The van der Waals surface area contributed by atoms with Gasteiger partial charge in [-0.1, -0.05) is 66.2 Å². The van der Waals surface area contributed by atoms with Crippen molar-refractivity contribution in [2.24, 2.45) is 0 Å². The van der Waals surface area contributed by atoms with E-state index in [9.17, 15) is 9.59 Å². The maximum absolute atomic E-state index is 12.6. The van der Waals surface area contributed by atoms with Crippen LogP contribution in [0.25, 0.3) is 0 Å². The van der Waals surface area contributed by atoms with E-state index in [1.807, 2.05) is 30.3 Å². The Hall–Kier alpha value is -3.11. The molecule has 0 unspecified atom stereocenters. The first-order valence-electron chi connectivity index (χ1n) is 8.89. The number of hydrogen-bond donors (Lipinski definition) is 0. The molecule has 0 heterocycles. The molecular weight excluding hydrogens is 374 g/mol. The average Bonchev–Trinajstić information content (AvgIpc) is 2.74. The molecule has 0 aliphatic carbocycles. The fraction of sp³-hybridized carbons (Fsp3) is 0.130. The van der Waals surface area contributed by atoms with E-state index < -0.39 is 0 Å². The van der Waals surface area contributed by atoms with Gasteiger partial charge in [0.15, 0.2) is 5.78 Å². The molecule has 0 fully saturated rings. The molecule has 28 heavy (non-hydrogen) atoms. The highest BCUT2D eigenvalue weighted by Gasteiger charge is 2.14. The van der Waals surface area contributed by atoms with Gasteiger partial charge in [0.25, 0.3) is 5.91 Å². The molecule has 0 aliphatic rings. The van der Waals surface area contributed by atoms with Crippen molar-refractivity contribution >= 4 is 23.3 Å². The van der Waals surface area contributed by atoms with Crippen LogP contribution in [0.15, 0.2) is 78.9 Å². The number of halogens is 1. The topological polar surface area (TPSA) is 46.6 Å². The molecule has 0 aliphatic heterocycles. The number of nitrogens with zero attached hydrogens (tertiary/aromatic N) is 1. The predicted octanol–water partition coefficient (Wildman–Crippen LogP) is 4.72. The fourth-order valence-corrected chi connectivity index (χ4v) is 2.89. The number of benzene rings is 3. The van der Waals surface area contributed by atoms with Crippen molar-refractivity contribution in [1.82, 2.24) is 4.90 Å². The van der Waals surface area contributed by atoms with E-state index in [2.05, 4.69) is 0 Å². The van der Waals surface area contributed by atoms with Crippen LogP contribution in [0.1, 0.15) is 26.3 Å². The van der Waals surface area contributed by atoms with Crippen molar-refractivity contribution in [2.45, 2.75) is 0 Å². The number of carbonyl (C=O) groups excluding carboxylic acids is 2. The maximum Gasteiger partial charge on any atom is 0.253 e. The molecule has 4 nitrogen and oxygen atoms in total. The first-order valence-corrected chi connectivity index (χ1v) is 9.26. The lowest BCUT2D eigenvalue weighted by Gasteiger charge is -2.18. The van der Waals surface area contributed by atoms with Gasteiger partial charge in [-0.2, -0.15) is 0 Å². The van der Waals surface area contributed by atoms with Gasteiger partial charge in [-0.15, -0.1) is 0 Å². The minimum absolute atomic E-state index is 0.0684. The molecular formula is C23H20ClNO3. The minimum Gasteiger partial charge on any atom is -0.490 e. The smallest absolute Gasteiger partial charge is 0.253 e. The maximum atomic E-state index is 12.6. The fourth-order valence-electron chi connectivity index (χ4n) is 2.70. The molecule has 0 bridgehead atoms. The molecule has 3 aromatic rings. The van der Waals surface area contributed by atoms with E-state index in [0.29, 0.717) is 40.6 Å². The molecule has 0 spiro atoms. The Bertz CT molecular complexity index is 955. The molecule has 142 valence electrons. The number of ketones is 1. The Balaban J connectivity index is 1.58. The lowest BCUT2D eigenvalue weighted by atomic mass is 10.0. The van der Waals surface area contributed by atoms with Crippen molar-refractivity contribution in [2.75, 3.05) is 20.2 Å². The van der Waals surface area contributed by atoms with Crippen LogP contribution >= 0.6 is 11.6 Å². The van der Waals surface area contributed by atoms with Gasteiger partial charge in [0.2, 0.25) is 0 Å². The van der Waals surface area contributed by atoms with Crippen LogP contribution in [0, 0.1) is 0 Å². The van der Waals surface area contributed by atoms with Crippen LogP contribution < -0.4 is 4.74 Å². The number of ether oxygens (including phenoxy) is 1. The number of amides is 1. The average molecular weight is 394 g/mol. The van der Waals surface area contributed by atoms with Gasteiger partial charge in [0, 0.05) is 23.7 Å². The molecule has 5 heteroatoms.